The van der Waals surface area contributed by atoms with Crippen LogP contribution in [0.25, 0.3) is 22.0 Å². The molecule has 1 N–H and O–H groups in total. The Bertz CT molecular complexity index is 1440. The molecule has 0 saturated heterocycles. The van der Waals surface area contributed by atoms with Crippen LogP contribution in [-0.2, 0) is 16.4 Å². The fraction of sp³-hybridized carbons (Fsp3) is 0.0870. The summed E-state index contributed by atoms with van der Waals surface area (Å²) in [5.41, 5.74) is 1.65. The van der Waals surface area contributed by atoms with Crippen LogP contribution >= 0.6 is 0 Å². The van der Waals surface area contributed by atoms with E-state index in [4.69, 9.17) is 0 Å². The molecule has 0 fully saturated rings. The van der Waals surface area contributed by atoms with Crippen molar-refractivity contribution in [2.24, 2.45) is 0 Å². The third-order valence-electron chi connectivity index (χ3n) is 4.86. The largest absolute Gasteiger partial charge is 0.347 e. The molecule has 0 aliphatic carbocycles. The molecule has 0 atom stereocenters. The quantitative estimate of drug-likeness (QED) is 0.495. The number of rotatable bonds is 5. The van der Waals surface area contributed by atoms with Crippen molar-refractivity contribution in [2.75, 3.05) is 6.26 Å². The highest BCUT2D eigenvalue weighted by atomic mass is 32.2. The van der Waals surface area contributed by atoms with Gasteiger partial charge in [-0.05, 0) is 42.0 Å². The van der Waals surface area contributed by atoms with Gasteiger partial charge in [0.05, 0.1) is 10.4 Å². The number of aromatic nitrogens is 2. The molecule has 0 spiro atoms. The van der Waals surface area contributed by atoms with Crippen molar-refractivity contribution in [2.45, 2.75) is 11.4 Å². The Morgan fingerprint density at radius 3 is 2.41 bits per heavy atom. The van der Waals surface area contributed by atoms with E-state index in [1.807, 2.05) is 0 Å². The monoisotopic (exact) mass is 453 g/mol. The lowest BCUT2D eigenvalue weighted by molar-refractivity contribution is 0.0946. The summed E-state index contributed by atoms with van der Waals surface area (Å²) in [4.78, 5) is 21.3. The van der Waals surface area contributed by atoms with Gasteiger partial charge < -0.3 is 5.32 Å². The number of carbonyl (C=O) groups excluding carboxylic acids is 1. The summed E-state index contributed by atoms with van der Waals surface area (Å²) < 4.78 is 50.7. The van der Waals surface area contributed by atoms with Crippen LogP contribution < -0.4 is 5.32 Å². The summed E-state index contributed by atoms with van der Waals surface area (Å²) in [5, 5.41) is 3.32. The van der Waals surface area contributed by atoms with E-state index in [2.05, 4.69) is 15.3 Å². The van der Waals surface area contributed by atoms with Gasteiger partial charge >= 0.3 is 0 Å². The molecule has 6 nitrogen and oxygen atoms in total. The first-order valence-electron chi connectivity index (χ1n) is 9.50. The second kappa shape index (κ2) is 8.43. The highest BCUT2D eigenvalue weighted by molar-refractivity contribution is 7.90. The van der Waals surface area contributed by atoms with Gasteiger partial charge in [-0.1, -0.05) is 12.1 Å². The van der Waals surface area contributed by atoms with Gasteiger partial charge in [0.25, 0.3) is 5.91 Å². The van der Waals surface area contributed by atoms with E-state index in [9.17, 15) is 22.0 Å². The third-order valence-corrected chi connectivity index (χ3v) is 5.99. The highest BCUT2D eigenvalue weighted by Gasteiger charge is 2.15. The molecule has 2 aromatic heterocycles. The molecule has 0 saturated carbocycles. The molecule has 1 amide bonds. The number of hydrogen-bond donors (Lipinski definition) is 1. The molecule has 0 aliphatic heterocycles. The molecule has 0 radical (unpaired) electrons. The number of pyridine rings is 2. The first-order chi connectivity index (χ1) is 15.2. The van der Waals surface area contributed by atoms with Crippen LogP contribution in [0.5, 0.6) is 0 Å². The second-order valence-corrected chi connectivity index (χ2v) is 9.19. The van der Waals surface area contributed by atoms with Crippen LogP contribution in [0.1, 0.15) is 16.1 Å². The average molecular weight is 453 g/mol. The van der Waals surface area contributed by atoms with Gasteiger partial charge in [0.1, 0.15) is 17.3 Å². The molecule has 2 heterocycles. The number of fused-ring (bicyclic) bond motifs is 1. The molecule has 4 aromatic rings. The summed E-state index contributed by atoms with van der Waals surface area (Å²) in [7, 11) is -3.30. The molecular formula is C23H17F2N3O3S. The van der Waals surface area contributed by atoms with Crippen LogP contribution in [-0.4, -0.2) is 30.5 Å². The standard InChI is InChI=1S/C23H17F2N3O3S/c1-32(30,31)17-6-2-14(3-7-17)11-27-23(29)21-9-4-15-12-26-13-19(22(15)28-21)18-8-5-16(24)10-20(18)25/h2-10,12-13H,11H2,1H3,(H,27,29). The lowest BCUT2D eigenvalue weighted by atomic mass is 10.0. The molecule has 32 heavy (non-hydrogen) atoms. The van der Waals surface area contributed by atoms with Gasteiger partial charge in [0, 0.05) is 47.8 Å². The minimum atomic E-state index is -3.30. The van der Waals surface area contributed by atoms with Crippen molar-refractivity contribution in [3.8, 4) is 11.1 Å². The Morgan fingerprint density at radius 2 is 1.72 bits per heavy atom. The Hall–Kier alpha value is -3.72. The maximum absolute atomic E-state index is 14.3. The summed E-state index contributed by atoms with van der Waals surface area (Å²) >= 11 is 0. The number of benzene rings is 2. The number of carbonyl (C=O) groups is 1. The SMILES string of the molecule is CS(=O)(=O)c1ccc(CNC(=O)c2ccc3cncc(-c4ccc(F)cc4F)c3n2)cc1. The number of halogens is 2. The highest BCUT2D eigenvalue weighted by Crippen LogP contribution is 2.29. The van der Waals surface area contributed by atoms with E-state index >= 15 is 0 Å². The van der Waals surface area contributed by atoms with Crippen molar-refractivity contribution in [3.63, 3.8) is 0 Å². The first kappa shape index (κ1) is 21.5. The predicted molar refractivity (Wildman–Crippen MR) is 116 cm³/mol. The van der Waals surface area contributed by atoms with E-state index in [0.717, 1.165) is 18.4 Å². The molecule has 2 aromatic carbocycles. The van der Waals surface area contributed by atoms with E-state index in [1.54, 1.807) is 18.2 Å². The molecular weight excluding hydrogens is 436 g/mol. The first-order valence-corrected chi connectivity index (χ1v) is 11.4. The van der Waals surface area contributed by atoms with Crippen LogP contribution in [0, 0.1) is 11.6 Å². The maximum Gasteiger partial charge on any atom is 0.270 e. The fourth-order valence-electron chi connectivity index (χ4n) is 3.20. The third kappa shape index (κ3) is 4.47. The lowest BCUT2D eigenvalue weighted by Crippen LogP contribution is -2.23. The number of sulfone groups is 1. The van der Waals surface area contributed by atoms with E-state index in [0.29, 0.717) is 22.0 Å². The maximum atomic E-state index is 14.3. The summed E-state index contributed by atoms with van der Waals surface area (Å²) in [6.07, 6.45) is 4.08. The summed E-state index contributed by atoms with van der Waals surface area (Å²) in [6, 6.07) is 12.6. The molecule has 9 heteroatoms. The second-order valence-electron chi connectivity index (χ2n) is 7.18. The van der Waals surface area contributed by atoms with Gasteiger partial charge in [0.15, 0.2) is 9.84 Å². The van der Waals surface area contributed by atoms with Gasteiger partial charge in [0.2, 0.25) is 0 Å². The van der Waals surface area contributed by atoms with Crippen LogP contribution in [0.2, 0.25) is 0 Å². The number of nitrogens with one attached hydrogen (secondary N) is 1. The van der Waals surface area contributed by atoms with Crippen LogP contribution in [0.3, 0.4) is 0 Å². The van der Waals surface area contributed by atoms with Gasteiger partial charge in [-0.15, -0.1) is 0 Å². The zero-order valence-electron chi connectivity index (χ0n) is 16.8. The predicted octanol–water partition coefficient (Wildman–Crippen LogP) is 3.91. The topological polar surface area (TPSA) is 89.0 Å². The van der Waals surface area contributed by atoms with Gasteiger partial charge in [-0.3, -0.25) is 9.78 Å². The van der Waals surface area contributed by atoms with Crippen molar-refractivity contribution in [3.05, 3.63) is 89.9 Å². The average Bonchev–Trinajstić information content (AvgIpc) is 2.76. The molecule has 0 aliphatic rings. The van der Waals surface area contributed by atoms with Crippen LogP contribution in [0.15, 0.2) is 71.9 Å². The Morgan fingerprint density at radius 1 is 0.969 bits per heavy atom. The van der Waals surface area contributed by atoms with E-state index < -0.39 is 27.4 Å². The van der Waals surface area contributed by atoms with Crippen molar-refractivity contribution in [1.29, 1.82) is 0 Å². The Balaban J connectivity index is 1.60. The van der Waals surface area contributed by atoms with E-state index in [1.165, 1.54) is 36.7 Å². The Labute approximate surface area is 182 Å². The summed E-state index contributed by atoms with van der Waals surface area (Å²) in [5.74, 6) is -1.91. The van der Waals surface area contributed by atoms with Crippen molar-refractivity contribution in [1.82, 2.24) is 15.3 Å². The zero-order chi connectivity index (χ0) is 22.9. The van der Waals surface area contributed by atoms with E-state index in [-0.39, 0.29) is 22.7 Å². The molecule has 0 unspecified atom stereocenters. The smallest absolute Gasteiger partial charge is 0.270 e. The zero-order valence-corrected chi connectivity index (χ0v) is 17.7. The molecule has 0 bridgehead atoms. The Kier molecular flexibility index (Phi) is 5.67. The van der Waals surface area contributed by atoms with Gasteiger partial charge in [-0.25, -0.2) is 22.2 Å². The number of hydrogen-bond acceptors (Lipinski definition) is 5. The van der Waals surface area contributed by atoms with Crippen molar-refractivity contribution >= 4 is 26.6 Å². The number of nitrogens with zero attached hydrogens (tertiary/aromatic N) is 2. The molecule has 162 valence electrons. The number of amides is 1. The lowest BCUT2D eigenvalue weighted by Gasteiger charge is -2.09. The van der Waals surface area contributed by atoms with Gasteiger partial charge in [-0.2, -0.15) is 0 Å². The molecule has 4 rings (SSSR count). The fourth-order valence-corrected chi connectivity index (χ4v) is 3.83. The minimum Gasteiger partial charge on any atom is -0.347 e. The van der Waals surface area contributed by atoms with Crippen molar-refractivity contribution < 1.29 is 22.0 Å². The summed E-state index contributed by atoms with van der Waals surface area (Å²) in [6.45, 7) is 0.165. The normalized spacial score (nSPS) is 11.5. The van der Waals surface area contributed by atoms with Crippen LogP contribution in [0.4, 0.5) is 8.78 Å². The minimum absolute atomic E-state index is 0.111.